The molecular formula is C13H14O4. The van der Waals surface area contributed by atoms with Crippen LogP contribution in [0.4, 0.5) is 0 Å². The summed E-state index contributed by atoms with van der Waals surface area (Å²) in [5, 5.41) is 8.68. The molecule has 0 aliphatic heterocycles. The third kappa shape index (κ3) is 4.10. The molecule has 4 heteroatoms. The van der Waals surface area contributed by atoms with Gasteiger partial charge in [-0.1, -0.05) is 12.1 Å². The van der Waals surface area contributed by atoms with Gasteiger partial charge in [-0.15, -0.1) is 0 Å². The molecule has 0 atom stereocenters. The Bertz CT molecular complexity index is 443. The molecule has 0 aliphatic rings. The standard InChI is InChI=1S/C13H14O4/c1-9(14)11(8-13(15)16)7-10-3-5-12(17-2)6-4-10/h3-7H,8H2,1-2H3,(H,15,16)/b11-7+. The van der Waals surface area contributed by atoms with Crippen LogP contribution in [0, 0.1) is 0 Å². The van der Waals surface area contributed by atoms with Gasteiger partial charge in [0, 0.05) is 5.57 Å². The van der Waals surface area contributed by atoms with Crippen molar-refractivity contribution in [3.63, 3.8) is 0 Å². The van der Waals surface area contributed by atoms with E-state index in [1.807, 2.05) is 0 Å². The zero-order valence-corrected chi connectivity index (χ0v) is 9.77. The Morgan fingerprint density at radius 3 is 2.29 bits per heavy atom. The highest BCUT2D eigenvalue weighted by Gasteiger charge is 2.08. The molecule has 0 heterocycles. The predicted molar refractivity (Wildman–Crippen MR) is 63.9 cm³/mol. The highest BCUT2D eigenvalue weighted by atomic mass is 16.5. The number of hydrogen-bond acceptors (Lipinski definition) is 3. The minimum Gasteiger partial charge on any atom is -0.497 e. The van der Waals surface area contributed by atoms with Crippen molar-refractivity contribution in [1.82, 2.24) is 0 Å². The second-order valence-electron chi connectivity index (χ2n) is 3.57. The molecule has 1 N–H and O–H groups in total. The number of carboxylic acids is 1. The van der Waals surface area contributed by atoms with E-state index in [0.717, 1.165) is 5.56 Å². The summed E-state index contributed by atoms with van der Waals surface area (Å²) in [6.45, 7) is 1.36. The van der Waals surface area contributed by atoms with Gasteiger partial charge in [0.1, 0.15) is 5.75 Å². The molecule has 1 aromatic carbocycles. The predicted octanol–water partition coefficient (Wildman–Crippen LogP) is 2.14. The Labute approximate surface area is 99.5 Å². The van der Waals surface area contributed by atoms with Crippen molar-refractivity contribution in [3.8, 4) is 5.75 Å². The summed E-state index contributed by atoms with van der Waals surface area (Å²) in [5.74, 6) is -0.534. The summed E-state index contributed by atoms with van der Waals surface area (Å²) in [5.41, 5.74) is 1.06. The first kappa shape index (κ1) is 13.0. The summed E-state index contributed by atoms with van der Waals surface area (Å²) in [6.07, 6.45) is 1.32. The lowest BCUT2D eigenvalue weighted by atomic mass is 10.0. The minimum absolute atomic E-state index is 0.233. The van der Waals surface area contributed by atoms with E-state index in [1.54, 1.807) is 37.5 Å². The van der Waals surface area contributed by atoms with E-state index in [2.05, 4.69) is 0 Å². The number of Topliss-reactive ketones (excluding diaryl/α,β-unsaturated/α-hetero) is 1. The largest absolute Gasteiger partial charge is 0.497 e. The molecule has 0 amide bonds. The van der Waals surface area contributed by atoms with Crippen LogP contribution in [-0.4, -0.2) is 24.0 Å². The van der Waals surface area contributed by atoms with E-state index in [1.165, 1.54) is 6.92 Å². The van der Waals surface area contributed by atoms with Crippen molar-refractivity contribution < 1.29 is 19.4 Å². The van der Waals surface area contributed by atoms with Crippen LogP contribution in [-0.2, 0) is 9.59 Å². The second-order valence-corrected chi connectivity index (χ2v) is 3.57. The van der Waals surface area contributed by atoms with Gasteiger partial charge in [-0.2, -0.15) is 0 Å². The van der Waals surface area contributed by atoms with Gasteiger partial charge >= 0.3 is 5.97 Å². The SMILES string of the molecule is COc1ccc(/C=C(\CC(=O)O)C(C)=O)cc1. The van der Waals surface area contributed by atoms with Crippen LogP contribution in [0.3, 0.4) is 0 Å². The number of rotatable bonds is 5. The smallest absolute Gasteiger partial charge is 0.307 e. The molecule has 0 unspecified atom stereocenters. The molecule has 0 spiro atoms. The lowest BCUT2D eigenvalue weighted by Gasteiger charge is -2.02. The van der Waals surface area contributed by atoms with E-state index in [4.69, 9.17) is 9.84 Å². The van der Waals surface area contributed by atoms with Crippen molar-refractivity contribution in [1.29, 1.82) is 0 Å². The number of ether oxygens (including phenoxy) is 1. The Morgan fingerprint density at radius 1 is 1.29 bits per heavy atom. The van der Waals surface area contributed by atoms with E-state index in [0.29, 0.717) is 5.75 Å². The number of carbonyl (C=O) groups excluding carboxylic acids is 1. The maximum Gasteiger partial charge on any atom is 0.307 e. The number of carboxylic acid groups (broad SMARTS) is 1. The molecule has 0 aromatic heterocycles. The highest BCUT2D eigenvalue weighted by molar-refractivity contribution is 6.01. The summed E-state index contributed by atoms with van der Waals surface area (Å²) in [4.78, 5) is 21.8. The van der Waals surface area contributed by atoms with Crippen molar-refractivity contribution >= 4 is 17.8 Å². The van der Waals surface area contributed by atoms with E-state index < -0.39 is 5.97 Å². The molecule has 90 valence electrons. The van der Waals surface area contributed by atoms with Crippen LogP contribution in [0.25, 0.3) is 6.08 Å². The van der Waals surface area contributed by atoms with Crippen molar-refractivity contribution in [2.24, 2.45) is 0 Å². The van der Waals surface area contributed by atoms with Crippen molar-refractivity contribution in [2.75, 3.05) is 7.11 Å². The maximum atomic E-state index is 11.3. The molecule has 0 fully saturated rings. The van der Waals surface area contributed by atoms with Gasteiger partial charge in [0.2, 0.25) is 0 Å². The first-order chi connectivity index (χ1) is 8.02. The van der Waals surface area contributed by atoms with Crippen LogP contribution in [0.2, 0.25) is 0 Å². The van der Waals surface area contributed by atoms with E-state index >= 15 is 0 Å². The first-order valence-corrected chi connectivity index (χ1v) is 5.10. The summed E-state index contributed by atoms with van der Waals surface area (Å²) in [7, 11) is 1.57. The van der Waals surface area contributed by atoms with Gasteiger partial charge in [-0.3, -0.25) is 9.59 Å². The average Bonchev–Trinajstić information content (AvgIpc) is 2.28. The van der Waals surface area contributed by atoms with Crippen LogP contribution in [0.5, 0.6) is 5.75 Å². The molecule has 0 bridgehead atoms. The van der Waals surface area contributed by atoms with E-state index in [-0.39, 0.29) is 17.8 Å². The summed E-state index contributed by atoms with van der Waals surface area (Å²) < 4.78 is 5.00. The number of ketones is 1. The topological polar surface area (TPSA) is 63.6 Å². The van der Waals surface area contributed by atoms with Crippen LogP contribution in [0.15, 0.2) is 29.8 Å². The molecule has 4 nitrogen and oxygen atoms in total. The molecular weight excluding hydrogens is 220 g/mol. The van der Waals surface area contributed by atoms with Crippen LogP contribution < -0.4 is 4.74 Å². The lowest BCUT2D eigenvalue weighted by Crippen LogP contribution is -2.04. The number of methoxy groups -OCH3 is 1. The molecule has 17 heavy (non-hydrogen) atoms. The molecule has 0 radical (unpaired) electrons. The number of hydrogen-bond donors (Lipinski definition) is 1. The number of carbonyl (C=O) groups is 2. The molecule has 0 saturated heterocycles. The third-order valence-electron chi connectivity index (χ3n) is 2.25. The first-order valence-electron chi connectivity index (χ1n) is 5.10. The second kappa shape index (κ2) is 5.84. The molecule has 1 rings (SSSR count). The van der Waals surface area contributed by atoms with E-state index in [9.17, 15) is 9.59 Å². The van der Waals surface area contributed by atoms with Crippen molar-refractivity contribution in [2.45, 2.75) is 13.3 Å². The summed E-state index contributed by atoms with van der Waals surface area (Å²) in [6, 6.07) is 7.04. The number of benzene rings is 1. The van der Waals surface area contributed by atoms with Gasteiger partial charge in [0.05, 0.1) is 13.5 Å². The fourth-order valence-electron chi connectivity index (χ4n) is 1.34. The van der Waals surface area contributed by atoms with Crippen LogP contribution >= 0.6 is 0 Å². The van der Waals surface area contributed by atoms with Crippen LogP contribution in [0.1, 0.15) is 18.9 Å². The normalized spacial score (nSPS) is 11.1. The number of aliphatic carboxylic acids is 1. The Hall–Kier alpha value is -2.10. The Kier molecular flexibility index (Phi) is 4.46. The monoisotopic (exact) mass is 234 g/mol. The maximum absolute atomic E-state index is 11.3. The third-order valence-corrected chi connectivity index (χ3v) is 2.25. The zero-order chi connectivity index (χ0) is 12.8. The molecule has 1 aromatic rings. The zero-order valence-electron chi connectivity index (χ0n) is 9.77. The lowest BCUT2D eigenvalue weighted by molar-refractivity contribution is -0.136. The highest BCUT2D eigenvalue weighted by Crippen LogP contribution is 2.15. The van der Waals surface area contributed by atoms with Crippen molar-refractivity contribution in [3.05, 3.63) is 35.4 Å². The van der Waals surface area contributed by atoms with Gasteiger partial charge in [0.25, 0.3) is 0 Å². The minimum atomic E-state index is -1.01. The fourth-order valence-corrected chi connectivity index (χ4v) is 1.34. The Morgan fingerprint density at radius 2 is 1.88 bits per heavy atom. The molecule has 0 aliphatic carbocycles. The average molecular weight is 234 g/mol. The van der Waals surface area contributed by atoms with Gasteiger partial charge in [-0.25, -0.2) is 0 Å². The van der Waals surface area contributed by atoms with Gasteiger partial charge < -0.3 is 9.84 Å². The molecule has 0 saturated carbocycles. The van der Waals surface area contributed by atoms with Gasteiger partial charge in [0.15, 0.2) is 5.78 Å². The quantitative estimate of drug-likeness (QED) is 0.793. The Balaban J connectivity index is 2.95. The van der Waals surface area contributed by atoms with Gasteiger partial charge in [-0.05, 0) is 30.7 Å². The fraction of sp³-hybridized carbons (Fsp3) is 0.231. The summed E-state index contributed by atoms with van der Waals surface area (Å²) >= 11 is 0.